The van der Waals surface area contributed by atoms with Crippen molar-refractivity contribution in [2.45, 2.75) is 19.8 Å². The van der Waals surface area contributed by atoms with Gasteiger partial charge in [-0.3, -0.25) is 0 Å². The van der Waals surface area contributed by atoms with Gasteiger partial charge < -0.3 is 15.4 Å². The zero-order chi connectivity index (χ0) is 17.2. The monoisotopic (exact) mass is 334 g/mol. The summed E-state index contributed by atoms with van der Waals surface area (Å²) in [5.41, 5.74) is 6.86. The number of rotatable bonds is 3. The van der Waals surface area contributed by atoms with Gasteiger partial charge in [-0.1, -0.05) is 43.3 Å². The van der Waals surface area contributed by atoms with Crippen molar-refractivity contribution in [3.63, 3.8) is 0 Å². The normalized spacial score (nSPS) is 17.6. The first-order valence-corrected chi connectivity index (χ1v) is 8.73. The molecule has 0 aliphatic carbocycles. The molecule has 128 valence electrons. The van der Waals surface area contributed by atoms with Crippen LogP contribution in [0.3, 0.4) is 0 Å². The number of ether oxygens (including phenoxy) is 1. The first-order chi connectivity index (χ1) is 12.2. The van der Waals surface area contributed by atoms with Crippen molar-refractivity contribution >= 4 is 22.3 Å². The third-order valence-corrected chi connectivity index (χ3v) is 4.74. The Labute approximate surface area is 147 Å². The zero-order valence-electron chi connectivity index (χ0n) is 14.4. The molecule has 2 heterocycles. The fourth-order valence-corrected chi connectivity index (χ4v) is 3.47. The van der Waals surface area contributed by atoms with Crippen LogP contribution in [0.4, 0.5) is 11.5 Å². The number of nitrogens with zero attached hydrogens (tertiary/aromatic N) is 3. The lowest BCUT2D eigenvalue weighted by atomic mass is 10.0. The topological polar surface area (TPSA) is 64.3 Å². The Morgan fingerprint density at radius 3 is 2.84 bits per heavy atom. The van der Waals surface area contributed by atoms with Gasteiger partial charge in [0.25, 0.3) is 0 Å². The smallest absolute Gasteiger partial charge is 0.248 e. The number of fused-ring (bicyclic) bond motifs is 1. The molecule has 0 bridgehead atoms. The molecule has 1 saturated heterocycles. The molecule has 3 aromatic rings. The minimum Gasteiger partial charge on any atom is -0.436 e. The van der Waals surface area contributed by atoms with E-state index in [1.165, 1.54) is 12.7 Å². The Kier molecular flexibility index (Phi) is 4.14. The number of aromatic nitrogens is 2. The van der Waals surface area contributed by atoms with E-state index in [1.54, 1.807) is 0 Å². The first kappa shape index (κ1) is 15.7. The highest BCUT2D eigenvalue weighted by Crippen LogP contribution is 2.35. The summed E-state index contributed by atoms with van der Waals surface area (Å²) in [7, 11) is 0. The molecule has 5 nitrogen and oxygen atoms in total. The van der Waals surface area contributed by atoms with Gasteiger partial charge in [0.05, 0.1) is 0 Å². The molecule has 0 spiro atoms. The second kappa shape index (κ2) is 6.59. The van der Waals surface area contributed by atoms with Crippen LogP contribution in [0.25, 0.3) is 10.8 Å². The number of nitrogen functional groups attached to an aromatic ring is 1. The Bertz CT molecular complexity index is 891. The molecule has 1 aliphatic rings. The summed E-state index contributed by atoms with van der Waals surface area (Å²) >= 11 is 0. The number of piperidine rings is 1. The summed E-state index contributed by atoms with van der Waals surface area (Å²) in [5, 5.41) is 2.16. The van der Waals surface area contributed by atoms with Crippen LogP contribution in [-0.4, -0.2) is 23.1 Å². The molecule has 0 amide bonds. The van der Waals surface area contributed by atoms with Crippen molar-refractivity contribution in [3.05, 3.63) is 48.8 Å². The van der Waals surface area contributed by atoms with Crippen molar-refractivity contribution in [2.75, 3.05) is 23.7 Å². The standard InChI is InChI=1S/C20H22N4O/c1-14-6-5-11-24(12-14)19-18(21)20(23-13-22-19)25-17-10-4-8-15-7-2-3-9-16(15)17/h2-4,7-10,13-14H,5-6,11-12,21H2,1H3. The molecule has 1 unspecified atom stereocenters. The molecular weight excluding hydrogens is 312 g/mol. The number of anilines is 2. The summed E-state index contributed by atoms with van der Waals surface area (Å²) < 4.78 is 6.08. The fraction of sp³-hybridized carbons (Fsp3) is 0.300. The highest BCUT2D eigenvalue weighted by Gasteiger charge is 2.22. The van der Waals surface area contributed by atoms with Crippen molar-refractivity contribution < 1.29 is 4.74 Å². The second-order valence-electron chi connectivity index (χ2n) is 6.69. The van der Waals surface area contributed by atoms with Crippen LogP contribution in [0.2, 0.25) is 0 Å². The average molecular weight is 334 g/mol. The fourth-order valence-electron chi connectivity index (χ4n) is 3.47. The van der Waals surface area contributed by atoms with Crippen LogP contribution in [0.1, 0.15) is 19.8 Å². The number of hydrogen-bond acceptors (Lipinski definition) is 5. The molecular formula is C20H22N4O. The first-order valence-electron chi connectivity index (χ1n) is 8.73. The van der Waals surface area contributed by atoms with Crippen LogP contribution in [0, 0.1) is 5.92 Å². The number of benzene rings is 2. The van der Waals surface area contributed by atoms with Gasteiger partial charge in [0.2, 0.25) is 5.88 Å². The van der Waals surface area contributed by atoms with Crippen molar-refractivity contribution in [2.24, 2.45) is 5.92 Å². The Morgan fingerprint density at radius 2 is 1.96 bits per heavy atom. The van der Waals surface area contributed by atoms with Gasteiger partial charge in [-0.2, -0.15) is 4.98 Å². The molecule has 25 heavy (non-hydrogen) atoms. The molecule has 4 rings (SSSR count). The summed E-state index contributed by atoms with van der Waals surface area (Å²) in [6.07, 6.45) is 3.94. The SMILES string of the molecule is CC1CCCN(c2ncnc(Oc3cccc4ccccc34)c2N)C1. The molecule has 1 atom stereocenters. The van der Waals surface area contributed by atoms with E-state index in [4.69, 9.17) is 10.5 Å². The van der Waals surface area contributed by atoms with Crippen LogP contribution in [-0.2, 0) is 0 Å². The van der Waals surface area contributed by atoms with Gasteiger partial charge in [0, 0.05) is 18.5 Å². The summed E-state index contributed by atoms with van der Waals surface area (Å²) in [6, 6.07) is 14.1. The second-order valence-corrected chi connectivity index (χ2v) is 6.69. The van der Waals surface area contributed by atoms with E-state index in [-0.39, 0.29) is 0 Å². The van der Waals surface area contributed by atoms with Crippen LogP contribution in [0.15, 0.2) is 48.8 Å². The Hall–Kier alpha value is -2.82. The lowest BCUT2D eigenvalue weighted by Crippen LogP contribution is -2.35. The zero-order valence-corrected chi connectivity index (χ0v) is 14.4. The quantitative estimate of drug-likeness (QED) is 0.776. The van der Waals surface area contributed by atoms with Crippen molar-refractivity contribution in [1.82, 2.24) is 9.97 Å². The van der Waals surface area contributed by atoms with Gasteiger partial charge in [-0.05, 0) is 30.2 Å². The maximum atomic E-state index is 6.36. The predicted octanol–water partition coefficient (Wildman–Crippen LogP) is 4.24. The number of hydrogen-bond donors (Lipinski definition) is 1. The van der Waals surface area contributed by atoms with Gasteiger partial charge in [-0.15, -0.1) is 0 Å². The molecule has 1 fully saturated rings. The highest BCUT2D eigenvalue weighted by molar-refractivity contribution is 5.88. The van der Waals surface area contributed by atoms with Crippen molar-refractivity contribution in [3.8, 4) is 11.6 Å². The molecule has 1 aliphatic heterocycles. The largest absolute Gasteiger partial charge is 0.436 e. The summed E-state index contributed by atoms with van der Waals surface area (Å²) in [5.74, 6) is 2.59. The third-order valence-electron chi connectivity index (χ3n) is 4.74. The Balaban J connectivity index is 1.68. The van der Waals surface area contributed by atoms with Gasteiger partial charge in [0.1, 0.15) is 17.8 Å². The number of nitrogens with two attached hydrogens (primary N) is 1. The highest BCUT2D eigenvalue weighted by atomic mass is 16.5. The van der Waals surface area contributed by atoms with E-state index in [0.717, 1.165) is 41.9 Å². The maximum Gasteiger partial charge on any atom is 0.248 e. The van der Waals surface area contributed by atoms with Gasteiger partial charge in [0.15, 0.2) is 5.82 Å². The lowest BCUT2D eigenvalue weighted by molar-refractivity contribution is 0.441. The van der Waals surface area contributed by atoms with E-state index in [1.807, 2.05) is 30.3 Å². The summed E-state index contributed by atoms with van der Waals surface area (Å²) in [4.78, 5) is 10.9. The minimum atomic E-state index is 0.416. The van der Waals surface area contributed by atoms with E-state index in [2.05, 4.69) is 33.9 Å². The maximum absolute atomic E-state index is 6.36. The predicted molar refractivity (Wildman–Crippen MR) is 101 cm³/mol. The van der Waals surface area contributed by atoms with E-state index in [9.17, 15) is 0 Å². The Morgan fingerprint density at radius 1 is 1.12 bits per heavy atom. The molecule has 2 N–H and O–H groups in total. The lowest BCUT2D eigenvalue weighted by Gasteiger charge is -2.32. The van der Waals surface area contributed by atoms with Crippen LogP contribution >= 0.6 is 0 Å². The van der Waals surface area contributed by atoms with Gasteiger partial charge >= 0.3 is 0 Å². The third kappa shape index (κ3) is 3.09. The van der Waals surface area contributed by atoms with Crippen LogP contribution in [0.5, 0.6) is 11.6 Å². The molecule has 0 saturated carbocycles. The van der Waals surface area contributed by atoms with Crippen molar-refractivity contribution in [1.29, 1.82) is 0 Å². The summed E-state index contributed by atoms with van der Waals surface area (Å²) in [6.45, 7) is 4.20. The minimum absolute atomic E-state index is 0.416. The molecule has 2 aromatic carbocycles. The van der Waals surface area contributed by atoms with E-state index in [0.29, 0.717) is 17.5 Å². The van der Waals surface area contributed by atoms with Gasteiger partial charge in [-0.25, -0.2) is 4.98 Å². The molecule has 1 aromatic heterocycles. The molecule has 5 heteroatoms. The molecule has 0 radical (unpaired) electrons. The van der Waals surface area contributed by atoms with Crippen LogP contribution < -0.4 is 15.4 Å². The van der Waals surface area contributed by atoms with E-state index >= 15 is 0 Å². The average Bonchev–Trinajstić information content (AvgIpc) is 2.64. The van der Waals surface area contributed by atoms with E-state index < -0.39 is 0 Å².